The van der Waals surface area contributed by atoms with Crippen LogP contribution in [0.2, 0.25) is 0 Å². The standard InChI is InChI=1S/C22H23F4N3O2/c1-2-28-7-9-29(10-8-28)21(31)16-11-17(22(24,25)26)14-18(12-16)27-20(30)13-15-5-3-4-6-19(15)23/h3-6,11-12,14H,2,7-10,13H2,1H3,(H,27,30). The van der Waals surface area contributed by atoms with Gasteiger partial charge in [0.2, 0.25) is 5.91 Å². The Morgan fingerprint density at radius 3 is 2.32 bits per heavy atom. The van der Waals surface area contributed by atoms with Crippen molar-refractivity contribution in [3.63, 3.8) is 0 Å². The molecule has 0 bridgehead atoms. The Labute approximate surface area is 177 Å². The number of nitrogens with zero attached hydrogens (tertiary/aromatic N) is 2. The third kappa shape index (κ3) is 5.81. The zero-order chi connectivity index (χ0) is 22.6. The maximum Gasteiger partial charge on any atom is 0.416 e. The molecule has 2 aromatic rings. The van der Waals surface area contributed by atoms with Crippen molar-refractivity contribution >= 4 is 17.5 Å². The molecule has 0 radical (unpaired) electrons. The fraction of sp³-hybridized carbons (Fsp3) is 0.364. The van der Waals surface area contributed by atoms with Crippen LogP contribution in [-0.4, -0.2) is 54.3 Å². The fourth-order valence-corrected chi connectivity index (χ4v) is 3.46. The Bertz CT molecular complexity index is 954. The highest BCUT2D eigenvalue weighted by Crippen LogP contribution is 2.32. The number of likely N-dealkylation sites (N-methyl/N-ethyl adjacent to an activating group) is 1. The molecule has 1 aliphatic heterocycles. The molecule has 3 rings (SSSR count). The smallest absolute Gasteiger partial charge is 0.336 e. The summed E-state index contributed by atoms with van der Waals surface area (Å²) in [7, 11) is 0. The first-order valence-corrected chi connectivity index (χ1v) is 9.94. The van der Waals surface area contributed by atoms with Gasteiger partial charge in [0.05, 0.1) is 12.0 Å². The summed E-state index contributed by atoms with van der Waals surface area (Å²) in [4.78, 5) is 28.8. The Hall–Kier alpha value is -2.94. The molecule has 31 heavy (non-hydrogen) atoms. The van der Waals surface area contributed by atoms with E-state index in [1.54, 1.807) is 6.07 Å². The van der Waals surface area contributed by atoms with Crippen LogP contribution in [0.1, 0.15) is 28.4 Å². The zero-order valence-corrected chi connectivity index (χ0v) is 17.0. The number of rotatable bonds is 5. The molecule has 2 aromatic carbocycles. The Kier molecular flexibility index (Phi) is 6.94. The maximum atomic E-state index is 13.8. The van der Waals surface area contributed by atoms with Crippen LogP contribution in [-0.2, 0) is 17.4 Å². The zero-order valence-electron chi connectivity index (χ0n) is 17.0. The fourth-order valence-electron chi connectivity index (χ4n) is 3.46. The number of halogens is 4. The maximum absolute atomic E-state index is 13.8. The van der Waals surface area contributed by atoms with Gasteiger partial charge in [-0.05, 0) is 36.4 Å². The highest BCUT2D eigenvalue weighted by atomic mass is 19.4. The number of hydrogen-bond acceptors (Lipinski definition) is 3. The van der Waals surface area contributed by atoms with Crippen molar-refractivity contribution in [2.75, 3.05) is 38.0 Å². The molecule has 1 saturated heterocycles. The van der Waals surface area contributed by atoms with Crippen molar-refractivity contribution in [3.8, 4) is 0 Å². The lowest BCUT2D eigenvalue weighted by Crippen LogP contribution is -2.48. The molecule has 5 nitrogen and oxygen atoms in total. The summed E-state index contributed by atoms with van der Waals surface area (Å²) in [5.74, 6) is -1.78. The van der Waals surface area contributed by atoms with Crippen LogP contribution in [0.5, 0.6) is 0 Å². The lowest BCUT2D eigenvalue weighted by molar-refractivity contribution is -0.137. The van der Waals surface area contributed by atoms with Crippen LogP contribution in [0.3, 0.4) is 0 Å². The minimum atomic E-state index is -4.69. The monoisotopic (exact) mass is 437 g/mol. The third-order valence-electron chi connectivity index (χ3n) is 5.21. The summed E-state index contributed by atoms with van der Waals surface area (Å²) in [6.07, 6.45) is -5.03. The number of nitrogens with one attached hydrogen (secondary N) is 1. The van der Waals surface area contributed by atoms with E-state index in [-0.39, 0.29) is 23.2 Å². The van der Waals surface area contributed by atoms with Gasteiger partial charge in [-0.15, -0.1) is 0 Å². The van der Waals surface area contributed by atoms with Crippen LogP contribution >= 0.6 is 0 Å². The Morgan fingerprint density at radius 2 is 1.71 bits per heavy atom. The van der Waals surface area contributed by atoms with Gasteiger partial charge in [-0.1, -0.05) is 25.1 Å². The van der Waals surface area contributed by atoms with E-state index in [2.05, 4.69) is 10.2 Å². The molecule has 0 atom stereocenters. The van der Waals surface area contributed by atoms with Crippen molar-refractivity contribution in [2.24, 2.45) is 0 Å². The molecule has 1 heterocycles. The number of amides is 2. The third-order valence-corrected chi connectivity index (χ3v) is 5.21. The number of anilines is 1. The summed E-state index contributed by atoms with van der Waals surface area (Å²) in [6.45, 7) is 4.96. The van der Waals surface area contributed by atoms with Crippen LogP contribution in [0, 0.1) is 5.82 Å². The molecule has 2 amide bonds. The van der Waals surface area contributed by atoms with E-state index in [4.69, 9.17) is 0 Å². The predicted octanol–water partition coefficient (Wildman–Crippen LogP) is 3.80. The first-order valence-electron chi connectivity index (χ1n) is 9.94. The number of benzene rings is 2. The average molecular weight is 437 g/mol. The van der Waals surface area contributed by atoms with Gasteiger partial charge in [-0.3, -0.25) is 9.59 Å². The van der Waals surface area contributed by atoms with E-state index in [1.165, 1.54) is 29.2 Å². The van der Waals surface area contributed by atoms with Crippen molar-refractivity contribution in [1.29, 1.82) is 0 Å². The number of piperazine rings is 1. The van der Waals surface area contributed by atoms with Crippen LogP contribution < -0.4 is 5.32 Å². The minimum absolute atomic E-state index is 0.122. The predicted molar refractivity (Wildman–Crippen MR) is 108 cm³/mol. The highest BCUT2D eigenvalue weighted by Gasteiger charge is 2.33. The topological polar surface area (TPSA) is 52.6 Å². The van der Waals surface area contributed by atoms with Crippen molar-refractivity contribution in [3.05, 3.63) is 65.0 Å². The second-order valence-electron chi connectivity index (χ2n) is 7.34. The first-order chi connectivity index (χ1) is 14.7. The van der Waals surface area contributed by atoms with E-state index in [0.717, 1.165) is 18.7 Å². The number of carbonyl (C=O) groups is 2. The molecule has 1 fully saturated rings. The van der Waals surface area contributed by atoms with Crippen LogP contribution in [0.25, 0.3) is 0 Å². The van der Waals surface area contributed by atoms with Gasteiger partial charge in [0, 0.05) is 37.4 Å². The lowest BCUT2D eigenvalue weighted by Gasteiger charge is -2.34. The molecule has 1 N–H and O–H groups in total. The van der Waals surface area contributed by atoms with Crippen molar-refractivity contribution in [2.45, 2.75) is 19.5 Å². The number of carbonyl (C=O) groups excluding carboxylic acids is 2. The summed E-state index contributed by atoms with van der Waals surface area (Å²) in [5, 5.41) is 2.36. The quantitative estimate of drug-likeness (QED) is 0.724. The van der Waals surface area contributed by atoms with Gasteiger partial charge in [-0.2, -0.15) is 13.2 Å². The molecule has 0 aromatic heterocycles. The normalized spacial score (nSPS) is 15.1. The Balaban J connectivity index is 1.81. The SMILES string of the molecule is CCN1CCN(C(=O)c2cc(NC(=O)Cc3ccccc3F)cc(C(F)(F)F)c2)CC1. The second-order valence-corrected chi connectivity index (χ2v) is 7.34. The Morgan fingerprint density at radius 1 is 1.03 bits per heavy atom. The molecule has 0 saturated carbocycles. The van der Waals surface area contributed by atoms with Gasteiger partial charge < -0.3 is 15.1 Å². The van der Waals surface area contributed by atoms with Crippen molar-refractivity contribution < 1.29 is 27.2 Å². The lowest BCUT2D eigenvalue weighted by atomic mass is 10.1. The molecular weight excluding hydrogens is 414 g/mol. The van der Waals surface area contributed by atoms with Gasteiger partial charge >= 0.3 is 6.18 Å². The average Bonchev–Trinajstić information content (AvgIpc) is 2.74. The molecule has 166 valence electrons. The van der Waals surface area contributed by atoms with E-state index >= 15 is 0 Å². The van der Waals surface area contributed by atoms with Crippen molar-refractivity contribution in [1.82, 2.24) is 9.80 Å². The van der Waals surface area contributed by atoms with E-state index in [1.807, 2.05) is 6.92 Å². The second kappa shape index (κ2) is 9.47. The number of alkyl halides is 3. The molecule has 1 aliphatic rings. The van der Waals surface area contributed by atoms with Gasteiger partial charge in [0.25, 0.3) is 5.91 Å². The highest BCUT2D eigenvalue weighted by molar-refractivity contribution is 5.98. The van der Waals surface area contributed by atoms with Gasteiger partial charge in [0.15, 0.2) is 0 Å². The van der Waals surface area contributed by atoms with Gasteiger partial charge in [0.1, 0.15) is 5.82 Å². The van der Waals surface area contributed by atoms with Crippen LogP contribution in [0.4, 0.5) is 23.2 Å². The van der Waals surface area contributed by atoms with Crippen LogP contribution in [0.15, 0.2) is 42.5 Å². The number of hydrogen-bond donors (Lipinski definition) is 1. The molecule has 0 aliphatic carbocycles. The van der Waals surface area contributed by atoms with E-state index in [0.29, 0.717) is 26.2 Å². The molecular formula is C22H23F4N3O2. The minimum Gasteiger partial charge on any atom is -0.336 e. The van der Waals surface area contributed by atoms with E-state index < -0.39 is 29.4 Å². The molecule has 0 unspecified atom stereocenters. The van der Waals surface area contributed by atoms with E-state index in [9.17, 15) is 27.2 Å². The molecule has 0 spiro atoms. The van der Waals surface area contributed by atoms with Gasteiger partial charge in [-0.25, -0.2) is 4.39 Å². The first kappa shape index (κ1) is 22.7. The summed E-state index contributed by atoms with van der Waals surface area (Å²) < 4.78 is 53.9. The summed E-state index contributed by atoms with van der Waals surface area (Å²) in [5.41, 5.74) is -1.23. The largest absolute Gasteiger partial charge is 0.416 e. The molecule has 9 heteroatoms. The summed E-state index contributed by atoms with van der Waals surface area (Å²) in [6, 6.07) is 8.44. The summed E-state index contributed by atoms with van der Waals surface area (Å²) >= 11 is 0.